The number of ether oxygens (including phenoxy) is 2. The maximum atomic E-state index is 5.53. The normalized spacial score (nSPS) is 18.5. The fraction of sp³-hybridized carbons (Fsp3) is 0.625. The zero-order chi connectivity index (χ0) is 13.9. The van der Waals surface area contributed by atoms with Crippen LogP contribution in [0, 0.1) is 5.92 Å². The van der Waals surface area contributed by atoms with Crippen LogP contribution in [0.15, 0.2) is 18.2 Å². The van der Waals surface area contributed by atoms with Crippen molar-refractivity contribution in [2.24, 2.45) is 5.92 Å². The minimum atomic E-state index is 0. The standard InChI is InChI=1S/C16H24N2O2.2ClH/c1-12(2)9-14(18-7-5-17-6-8-18)13-3-4-15-16(10-13)20-11-19-15;;/h3-4,10,12,14,17H,5-9,11H2,1-2H3;2*1H/t14-;;/m0../s1. The van der Waals surface area contributed by atoms with Crippen LogP contribution in [0.5, 0.6) is 11.5 Å². The molecule has 1 atom stereocenters. The van der Waals surface area contributed by atoms with Gasteiger partial charge in [0, 0.05) is 32.2 Å². The summed E-state index contributed by atoms with van der Waals surface area (Å²) >= 11 is 0. The van der Waals surface area contributed by atoms with Crippen LogP contribution in [0.1, 0.15) is 31.9 Å². The summed E-state index contributed by atoms with van der Waals surface area (Å²) in [6.07, 6.45) is 1.18. The SMILES string of the molecule is CC(C)C[C@@H](c1ccc2c(c1)OCO2)N1CCNCC1.Cl.Cl. The molecule has 6 heteroatoms. The molecule has 3 rings (SSSR count). The molecule has 1 saturated heterocycles. The maximum Gasteiger partial charge on any atom is 0.231 e. The third-order valence-electron chi connectivity index (χ3n) is 4.07. The summed E-state index contributed by atoms with van der Waals surface area (Å²) in [5.74, 6) is 2.45. The number of benzene rings is 1. The minimum Gasteiger partial charge on any atom is -0.454 e. The van der Waals surface area contributed by atoms with Crippen molar-refractivity contribution in [3.8, 4) is 11.5 Å². The molecule has 126 valence electrons. The Morgan fingerprint density at radius 1 is 1.09 bits per heavy atom. The van der Waals surface area contributed by atoms with Gasteiger partial charge < -0.3 is 14.8 Å². The average Bonchev–Trinajstić information content (AvgIpc) is 2.93. The second-order valence-corrected chi connectivity index (χ2v) is 6.04. The molecular weight excluding hydrogens is 323 g/mol. The van der Waals surface area contributed by atoms with E-state index in [9.17, 15) is 0 Å². The first-order valence-corrected chi connectivity index (χ1v) is 7.58. The highest BCUT2D eigenvalue weighted by Crippen LogP contribution is 2.37. The number of nitrogens with one attached hydrogen (secondary N) is 1. The van der Waals surface area contributed by atoms with E-state index in [0.717, 1.165) is 37.7 Å². The molecule has 4 nitrogen and oxygen atoms in total. The van der Waals surface area contributed by atoms with Gasteiger partial charge in [-0.2, -0.15) is 0 Å². The van der Waals surface area contributed by atoms with Crippen LogP contribution in [0.4, 0.5) is 0 Å². The van der Waals surface area contributed by atoms with E-state index in [1.807, 2.05) is 6.07 Å². The van der Waals surface area contributed by atoms with Crippen LogP contribution in [-0.2, 0) is 0 Å². The van der Waals surface area contributed by atoms with E-state index in [-0.39, 0.29) is 24.8 Å². The molecule has 2 aliphatic rings. The van der Waals surface area contributed by atoms with Crippen LogP contribution in [-0.4, -0.2) is 37.9 Å². The second kappa shape index (κ2) is 8.82. The van der Waals surface area contributed by atoms with E-state index >= 15 is 0 Å². The molecule has 1 fully saturated rings. The lowest BCUT2D eigenvalue weighted by Crippen LogP contribution is -2.45. The van der Waals surface area contributed by atoms with Crippen molar-refractivity contribution in [2.45, 2.75) is 26.3 Å². The Labute approximate surface area is 145 Å². The summed E-state index contributed by atoms with van der Waals surface area (Å²) in [7, 11) is 0. The van der Waals surface area contributed by atoms with Crippen LogP contribution in [0.25, 0.3) is 0 Å². The Kier molecular flexibility index (Phi) is 7.77. The zero-order valence-corrected chi connectivity index (χ0v) is 14.8. The molecule has 0 radical (unpaired) electrons. The lowest BCUT2D eigenvalue weighted by atomic mass is 9.94. The fourth-order valence-electron chi connectivity index (χ4n) is 3.06. The minimum absolute atomic E-state index is 0. The van der Waals surface area contributed by atoms with Gasteiger partial charge in [-0.05, 0) is 30.0 Å². The van der Waals surface area contributed by atoms with Gasteiger partial charge in [0.25, 0.3) is 0 Å². The van der Waals surface area contributed by atoms with Crippen molar-refractivity contribution >= 4 is 24.8 Å². The van der Waals surface area contributed by atoms with Gasteiger partial charge in [0.15, 0.2) is 11.5 Å². The molecule has 2 aliphatic heterocycles. The van der Waals surface area contributed by atoms with E-state index in [2.05, 4.69) is 36.2 Å². The molecule has 0 saturated carbocycles. The topological polar surface area (TPSA) is 33.7 Å². The molecule has 1 N–H and O–H groups in total. The van der Waals surface area contributed by atoms with Crippen molar-refractivity contribution in [2.75, 3.05) is 33.0 Å². The highest BCUT2D eigenvalue weighted by Gasteiger charge is 2.25. The van der Waals surface area contributed by atoms with E-state index in [0.29, 0.717) is 18.8 Å². The molecule has 2 heterocycles. The van der Waals surface area contributed by atoms with Crippen molar-refractivity contribution in [3.63, 3.8) is 0 Å². The molecule has 22 heavy (non-hydrogen) atoms. The first-order valence-electron chi connectivity index (χ1n) is 7.58. The van der Waals surface area contributed by atoms with Gasteiger partial charge in [-0.3, -0.25) is 4.90 Å². The Bertz CT molecular complexity index is 465. The molecule has 0 aromatic heterocycles. The van der Waals surface area contributed by atoms with Crippen LogP contribution in [0.3, 0.4) is 0 Å². The Balaban J connectivity index is 0.00000121. The summed E-state index contributed by atoms with van der Waals surface area (Å²) in [4.78, 5) is 2.59. The third kappa shape index (κ3) is 4.42. The highest BCUT2D eigenvalue weighted by molar-refractivity contribution is 5.85. The molecule has 0 amide bonds. The van der Waals surface area contributed by atoms with E-state index in [1.165, 1.54) is 12.0 Å². The van der Waals surface area contributed by atoms with Crippen molar-refractivity contribution < 1.29 is 9.47 Å². The zero-order valence-electron chi connectivity index (χ0n) is 13.2. The number of halogens is 2. The van der Waals surface area contributed by atoms with E-state index < -0.39 is 0 Å². The first kappa shape index (κ1) is 19.4. The number of hydrogen-bond acceptors (Lipinski definition) is 4. The largest absolute Gasteiger partial charge is 0.454 e. The predicted octanol–water partition coefficient (Wildman–Crippen LogP) is 3.25. The lowest BCUT2D eigenvalue weighted by molar-refractivity contribution is 0.153. The number of nitrogens with zero attached hydrogens (tertiary/aromatic N) is 1. The van der Waals surface area contributed by atoms with Crippen molar-refractivity contribution in [1.29, 1.82) is 0 Å². The second-order valence-electron chi connectivity index (χ2n) is 6.04. The van der Waals surface area contributed by atoms with Gasteiger partial charge in [0.05, 0.1) is 0 Å². The Morgan fingerprint density at radius 2 is 1.77 bits per heavy atom. The van der Waals surface area contributed by atoms with E-state index in [4.69, 9.17) is 9.47 Å². The summed E-state index contributed by atoms with van der Waals surface area (Å²) in [6, 6.07) is 6.89. The van der Waals surface area contributed by atoms with Gasteiger partial charge in [-0.15, -0.1) is 24.8 Å². The molecular formula is C16H26Cl2N2O2. The van der Waals surface area contributed by atoms with Gasteiger partial charge in [-0.25, -0.2) is 0 Å². The molecule has 0 aliphatic carbocycles. The smallest absolute Gasteiger partial charge is 0.231 e. The van der Waals surface area contributed by atoms with Gasteiger partial charge >= 0.3 is 0 Å². The predicted molar refractivity (Wildman–Crippen MR) is 93.7 cm³/mol. The third-order valence-corrected chi connectivity index (χ3v) is 4.07. The summed E-state index contributed by atoms with van der Waals surface area (Å²) in [6.45, 7) is 9.33. The van der Waals surface area contributed by atoms with Crippen molar-refractivity contribution in [3.05, 3.63) is 23.8 Å². The van der Waals surface area contributed by atoms with Crippen LogP contribution >= 0.6 is 24.8 Å². The van der Waals surface area contributed by atoms with Gasteiger partial charge in [-0.1, -0.05) is 19.9 Å². The van der Waals surface area contributed by atoms with Gasteiger partial charge in [0.2, 0.25) is 6.79 Å². The maximum absolute atomic E-state index is 5.53. The Hall–Kier alpha value is -0.680. The number of piperazine rings is 1. The van der Waals surface area contributed by atoms with Gasteiger partial charge in [0.1, 0.15) is 0 Å². The summed E-state index contributed by atoms with van der Waals surface area (Å²) < 4.78 is 10.9. The number of hydrogen-bond donors (Lipinski definition) is 1. The molecule has 1 aromatic carbocycles. The summed E-state index contributed by atoms with van der Waals surface area (Å²) in [5.41, 5.74) is 1.35. The average molecular weight is 349 g/mol. The summed E-state index contributed by atoms with van der Waals surface area (Å²) in [5, 5.41) is 3.43. The van der Waals surface area contributed by atoms with Crippen LogP contribution in [0.2, 0.25) is 0 Å². The quantitative estimate of drug-likeness (QED) is 0.905. The monoisotopic (exact) mass is 348 g/mol. The van der Waals surface area contributed by atoms with Crippen LogP contribution < -0.4 is 14.8 Å². The van der Waals surface area contributed by atoms with Crippen molar-refractivity contribution in [1.82, 2.24) is 10.2 Å². The van der Waals surface area contributed by atoms with E-state index in [1.54, 1.807) is 0 Å². The molecule has 0 bridgehead atoms. The first-order chi connectivity index (χ1) is 9.74. The lowest BCUT2D eigenvalue weighted by Gasteiger charge is -2.36. The highest BCUT2D eigenvalue weighted by atomic mass is 35.5. The molecule has 0 unspecified atom stereocenters. The Morgan fingerprint density at radius 3 is 2.45 bits per heavy atom. The number of rotatable bonds is 4. The number of fused-ring (bicyclic) bond motifs is 1. The molecule has 1 aromatic rings. The fourth-order valence-corrected chi connectivity index (χ4v) is 3.06. The molecule has 0 spiro atoms.